The molecule has 1 aromatic heterocycles. The molecule has 2 rings (SSSR count). The molecule has 0 amide bonds. The van der Waals surface area contributed by atoms with E-state index in [1.54, 1.807) is 0 Å². The molecular weight excluding hydrogens is 302 g/mol. The van der Waals surface area contributed by atoms with Gasteiger partial charge in [-0.1, -0.05) is 6.07 Å². The first-order chi connectivity index (χ1) is 9.78. The van der Waals surface area contributed by atoms with Crippen molar-refractivity contribution in [3.05, 3.63) is 47.3 Å². The fourth-order valence-electron chi connectivity index (χ4n) is 1.94. The third kappa shape index (κ3) is 2.68. The number of nitrogens with zero attached hydrogens (tertiary/aromatic N) is 2. The van der Waals surface area contributed by atoms with Gasteiger partial charge in [0, 0.05) is 7.05 Å². The van der Waals surface area contributed by atoms with Gasteiger partial charge in [0.2, 0.25) is 15.0 Å². The monoisotopic (exact) mass is 316 g/mol. The van der Waals surface area contributed by atoms with Gasteiger partial charge in [-0.25, -0.2) is 22.2 Å². The van der Waals surface area contributed by atoms with Gasteiger partial charge in [-0.3, -0.25) is 0 Å². The Hall–Kier alpha value is -1.80. The highest BCUT2D eigenvalue weighted by atomic mass is 32.2. The van der Waals surface area contributed by atoms with Crippen molar-refractivity contribution in [3.8, 4) is 0 Å². The van der Waals surface area contributed by atoms with Crippen molar-refractivity contribution in [3.63, 3.8) is 0 Å². The predicted octanol–water partition coefficient (Wildman–Crippen LogP) is 1.73. The van der Waals surface area contributed by atoms with Gasteiger partial charge in [0.1, 0.15) is 0 Å². The average Bonchev–Trinajstić information content (AvgIpc) is 2.82. The normalized spacial score (nSPS) is 13.4. The van der Waals surface area contributed by atoms with Crippen LogP contribution in [-0.2, 0) is 23.5 Å². The second-order valence-electron chi connectivity index (χ2n) is 4.61. The fourth-order valence-corrected chi connectivity index (χ4v) is 3.46. The van der Waals surface area contributed by atoms with Gasteiger partial charge in [0.05, 0.1) is 23.7 Å². The minimum absolute atomic E-state index is 0.127. The van der Waals surface area contributed by atoms with E-state index < -0.39 is 26.7 Å². The maximum Gasteiger partial charge on any atom is 0.228 e. The lowest BCUT2D eigenvalue weighted by Crippen LogP contribution is -2.16. The molecule has 2 aromatic rings. The summed E-state index contributed by atoms with van der Waals surface area (Å²) in [5, 5.41) is 7.74. The van der Waals surface area contributed by atoms with Crippen LogP contribution >= 0.6 is 0 Å². The number of benzene rings is 1. The quantitative estimate of drug-likeness (QED) is 0.932. The highest BCUT2D eigenvalue weighted by Crippen LogP contribution is 2.28. The molecular formula is C13H14F2N2O3S. The Labute approximate surface area is 120 Å². The SMILES string of the molecule is CC(c1ccc(F)c(F)c1)S(=O)(=O)c1ncc(CO)n1C. The van der Waals surface area contributed by atoms with Crippen LogP contribution in [0.5, 0.6) is 0 Å². The van der Waals surface area contributed by atoms with Crippen molar-refractivity contribution < 1.29 is 22.3 Å². The third-order valence-corrected chi connectivity index (χ3v) is 5.43. The predicted molar refractivity (Wildman–Crippen MR) is 71.1 cm³/mol. The molecule has 0 aliphatic rings. The van der Waals surface area contributed by atoms with Crippen LogP contribution in [-0.4, -0.2) is 23.1 Å². The smallest absolute Gasteiger partial charge is 0.228 e. The van der Waals surface area contributed by atoms with Gasteiger partial charge in [0.25, 0.3) is 0 Å². The van der Waals surface area contributed by atoms with Crippen LogP contribution in [0.3, 0.4) is 0 Å². The van der Waals surface area contributed by atoms with Crippen LogP contribution in [0.1, 0.15) is 23.4 Å². The van der Waals surface area contributed by atoms with Crippen molar-refractivity contribution in [2.45, 2.75) is 23.9 Å². The number of hydrogen-bond donors (Lipinski definition) is 1. The number of sulfone groups is 1. The minimum Gasteiger partial charge on any atom is -0.390 e. The summed E-state index contributed by atoms with van der Waals surface area (Å²) < 4.78 is 52.4. The largest absolute Gasteiger partial charge is 0.390 e. The van der Waals surface area contributed by atoms with Gasteiger partial charge < -0.3 is 9.67 Å². The van der Waals surface area contributed by atoms with Gasteiger partial charge in [-0.05, 0) is 24.6 Å². The lowest BCUT2D eigenvalue weighted by Gasteiger charge is -2.13. The molecule has 8 heteroatoms. The lowest BCUT2D eigenvalue weighted by molar-refractivity contribution is 0.271. The molecule has 0 saturated carbocycles. The zero-order valence-electron chi connectivity index (χ0n) is 11.4. The molecule has 1 aromatic carbocycles. The summed E-state index contributed by atoms with van der Waals surface area (Å²) in [4.78, 5) is 3.79. The number of aliphatic hydroxyl groups is 1. The number of rotatable bonds is 4. The van der Waals surface area contributed by atoms with E-state index in [-0.39, 0.29) is 17.3 Å². The van der Waals surface area contributed by atoms with E-state index in [0.717, 1.165) is 12.1 Å². The second-order valence-corrected chi connectivity index (χ2v) is 6.77. The van der Waals surface area contributed by atoms with Crippen molar-refractivity contribution >= 4 is 9.84 Å². The third-order valence-electron chi connectivity index (χ3n) is 3.34. The first-order valence-electron chi connectivity index (χ1n) is 6.09. The number of aliphatic hydroxyl groups excluding tert-OH is 1. The lowest BCUT2D eigenvalue weighted by atomic mass is 10.1. The van der Waals surface area contributed by atoms with Crippen molar-refractivity contribution in [1.82, 2.24) is 9.55 Å². The molecule has 1 N–H and O–H groups in total. The molecule has 0 radical (unpaired) electrons. The van der Waals surface area contributed by atoms with Crippen molar-refractivity contribution in [2.24, 2.45) is 7.05 Å². The molecule has 0 spiro atoms. The summed E-state index contributed by atoms with van der Waals surface area (Å²) >= 11 is 0. The first-order valence-corrected chi connectivity index (χ1v) is 7.64. The molecule has 0 saturated heterocycles. The summed E-state index contributed by atoms with van der Waals surface area (Å²) in [6.45, 7) is 1.02. The Morgan fingerprint density at radius 3 is 2.52 bits per heavy atom. The van der Waals surface area contributed by atoms with Crippen molar-refractivity contribution in [2.75, 3.05) is 0 Å². The average molecular weight is 316 g/mol. The number of halogens is 2. The molecule has 5 nitrogen and oxygen atoms in total. The molecule has 1 unspecified atom stereocenters. The van der Waals surface area contributed by atoms with Crippen LogP contribution in [0.2, 0.25) is 0 Å². The van der Waals surface area contributed by atoms with Crippen LogP contribution < -0.4 is 0 Å². The number of aromatic nitrogens is 2. The molecule has 21 heavy (non-hydrogen) atoms. The molecule has 0 aliphatic heterocycles. The highest BCUT2D eigenvalue weighted by molar-refractivity contribution is 7.91. The van der Waals surface area contributed by atoms with Crippen LogP contribution in [0, 0.1) is 11.6 Å². The maximum absolute atomic E-state index is 13.2. The Kier molecular flexibility index (Phi) is 4.11. The number of imidazole rings is 1. The zero-order valence-corrected chi connectivity index (χ0v) is 12.2. The Morgan fingerprint density at radius 1 is 1.33 bits per heavy atom. The van der Waals surface area contributed by atoms with E-state index in [9.17, 15) is 17.2 Å². The molecule has 1 atom stereocenters. The minimum atomic E-state index is -3.89. The van der Waals surface area contributed by atoms with E-state index in [4.69, 9.17) is 5.11 Å². The van der Waals surface area contributed by atoms with Crippen LogP contribution in [0.25, 0.3) is 0 Å². The molecule has 114 valence electrons. The van der Waals surface area contributed by atoms with E-state index in [1.807, 2.05) is 0 Å². The van der Waals surface area contributed by atoms with Crippen molar-refractivity contribution in [1.29, 1.82) is 0 Å². The summed E-state index contributed by atoms with van der Waals surface area (Å²) in [6, 6.07) is 2.96. The van der Waals surface area contributed by atoms with Gasteiger partial charge in [0.15, 0.2) is 11.6 Å². The first kappa shape index (κ1) is 15.6. The second kappa shape index (κ2) is 5.53. The van der Waals surface area contributed by atoms with E-state index in [1.165, 1.54) is 30.8 Å². The maximum atomic E-state index is 13.2. The summed E-state index contributed by atoms with van der Waals surface area (Å²) in [5.41, 5.74) is 0.466. The summed E-state index contributed by atoms with van der Waals surface area (Å²) in [7, 11) is -2.43. The summed E-state index contributed by atoms with van der Waals surface area (Å²) in [5.74, 6) is -2.15. The topological polar surface area (TPSA) is 72.2 Å². The van der Waals surface area contributed by atoms with E-state index in [2.05, 4.69) is 4.98 Å². The fraction of sp³-hybridized carbons (Fsp3) is 0.308. The van der Waals surface area contributed by atoms with Gasteiger partial charge in [-0.15, -0.1) is 0 Å². The Balaban J connectivity index is 2.47. The molecule has 1 heterocycles. The molecule has 0 bridgehead atoms. The van der Waals surface area contributed by atoms with E-state index in [0.29, 0.717) is 5.69 Å². The molecule has 0 aliphatic carbocycles. The van der Waals surface area contributed by atoms with Crippen LogP contribution in [0.4, 0.5) is 8.78 Å². The zero-order chi connectivity index (χ0) is 15.8. The Bertz CT molecular complexity index is 772. The standard InChI is InChI=1S/C13H14F2N2O3S/c1-8(9-3-4-11(14)12(15)5-9)21(19,20)13-16-6-10(7-18)17(13)2/h3-6,8,18H,7H2,1-2H3. The highest BCUT2D eigenvalue weighted by Gasteiger charge is 2.30. The number of hydrogen-bond acceptors (Lipinski definition) is 4. The summed E-state index contributed by atoms with van der Waals surface area (Å²) in [6.07, 6.45) is 1.25. The molecule has 0 fully saturated rings. The van der Waals surface area contributed by atoms with Crippen LogP contribution in [0.15, 0.2) is 29.6 Å². The Morgan fingerprint density at radius 2 is 2.00 bits per heavy atom. The van der Waals surface area contributed by atoms with E-state index >= 15 is 0 Å². The van der Waals surface area contributed by atoms with Gasteiger partial charge in [-0.2, -0.15) is 0 Å². The van der Waals surface area contributed by atoms with Gasteiger partial charge >= 0.3 is 0 Å².